The summed E-state index contributed by atoms with van der Waals surface area (Å²) < 4.78 is 5.79. The van der Waals surface area contributed by atoms with Crippen molar-refractivity contribution in [3.63, 3.8) is 0 Å². The van der Waals surface area contributed by atoms with Crippen LogP contribution in [0.15, 0.2) is 0 Å². The molecule has 0 bridgehead atoms. The lowest BCUT2D eigenvalue weighted by molar-refractivity contribution is -0.136. The SMILES string of the molecule is CCCOC1CCCN(C(=O)CN2CCC(N)CC2)C1. The van der Waals surface area contributed by atoms with Crippen LogP contribution in [0.1, 0.15) is 39.0 Å². The van der Waals surface area contributed by atoms with Gasteiger partial charge in [0.2, 0.25) is 5.91 Å². The normalized spacial score (nSPS) is 25.9. The highest BCUT2D eigenvalue weighted by molar-refractivity contribution is 5.78. The number of piperidine rings is 2. The summed E-state index contributed by atoms with van der Waals surface area (Å²) in [6.07, 6.45) is 5.44. The third kappa shape index (κ3) is 4.72. The molecule has 2 N–H and O–H groups in total. The van der Waals surface area contributed by atoms with Crippen molar-refractivity contribution in [3.8, 4) is 0 Å². The summed E-state index contributed by atoms with van der Waals surface area (Å²) >= 11 is 0. The molecule has 0 saturated carbocycles. The molecule has 5 nitrogen and oxygen atoms in total. The van der Waals surface area contributed by atoms with Crippen LogP contribution in [0, 0.1) is 0 Å². The summed E-state index contributed by atoms with van der Waals surface area (Å²) in [5, 5.41) is 0. The van der Waals surface area contributed by atoms with Gasteiger partial charge in [0.05, 0.1) is 12.6 Å². The van der Waals surface area contributed by atoms with Crippen LogP contribution in [-0.4, -0.2) is 67.2 Å². The Labute approximate surface area is 122 Å². The Bertz CT molecular complexity index is 303. The van der Waals surface area contributed by atoms with E-state index in [-0.39, 0.29) is 12.0 Å². The average molecular weight is 283 g/mol. The predicted molar refractivity (Wildman–Crippen MR) is 79.5 cm³/mol. The molecule has 1 unspecified atom stereocenters. The van der Waals surface area contributed by atoms with Gasteiger partial charge in [-0.3, -0.25) is 9.69 Å². The van der Waals surface area contributed by atoms with Gasteiger partial charge in [0, 0.05) is 38.8 Å². The van der Waals surface area contributed by atoms with Gasteiger partial charge in [-0.25, -0.2) is 0 Å². The second-order valence-electron chi connectivity index (χ2n) is 6.09. The maximum atomic E-state index is 12.4. The number of rotatable bonds is 5. The molecule has 0 aliphatic carbocycles. The first-order chi connectivity index (χ1) is 9.69. The lowest BCUT2D eigenvalue weighted by atomic mass is 10.1. The van der Waals surface area contributed by atoms with Crippen LogP contribution in [0.3, 0.4) is 0 Å². The quantitative estimate of drug-likeness (QED) is 0.812. The molecule has 0 aromatic heterocycles. The van der Waals surface area contributed by atoms with Crippen molar-refractivity contribution >= 4 is 5.91 Å². The number of ether oxygens (including phenoxy) is 1. The van der Waals surface area contributed by atoms with E-state index in [1.807, 2.05) is 4.90 Å². The van der Waals surface area contributed by atoms with Gasteiger partial charge >= 0.3 is 0 Å². The monoisotopic (exact) mass is 283 g/mol. The molecule has 116 valence electrons. The van der Waals surface area contributed by atoms with Gasteiger partial charge in [0.15, 0.2) is 0 Å². The molecule has 0 radical (unpaired) electrons. The number of carbonyl (C=O) groups is 1. The van der Waals surface area contributed by atoms with Gasteiger partial charge in [-0.2, -0.15) is 0 Å². The fourth-order valence-electron chi connectivity index (χ4n) is 2.99. The Balaban J connectivity index is 1.74. The minimum Gasteiger partial charge on any atom is -0.376 e. The van der Waals surface area contributed by atoms with E-state index in [4.69, 9.17) is 10.5 Å². The minimum absolute atomic E-state index is 0.238. The third-order valence-electron chi connectivity index (χ3n) is 4.28. The highest BCUT2D eigenvalue weighted by Gasteiger charge is 2.26. The molecule has 5 heteroatoms. The van der Waals surface area contributed by atoms with Crippen LogP contribution in [0.25, 0.3) is 0 Å². The molecule has 20 heavy (non-hydrogen) atoms. The van der Waals surface area contributed by atoms with Gasteiger partial charge < -0.3 is 15.4 Å². The van der Waals surface area contributed by atoms with Gasteiger partial charge in [0.25, 0.3) is 0 Å². The Hall–Kier alpha value is -0.650. The van der Waals surface area contributed by atoms with Gasteiger partial charge in [0.1, 0.15) is 0 Å². The zero-order valence-electron chi connectivity index (χ0n) is 12.7. The van der Waals surface area contributed by atoms with Crippen LogP contribution in [0.2, 0.25) is 0 Å². The van der Waals surface area contributed by atoms with E-state index in [1.165, 1.54) is 0 Å². The first-order valence-corrected chi connectivity index (χ1v) is 8.06. The summed E-state index contributed by atoms with van der Waals surface area (Å²) in [7, 11) is 0. The molecular weight excluding hydrogens is 254 g/mol. The average Bonchev–Trinajstić information content (AvgIpc) is 2.48. The number of hydrogen-bond acceptors (Lipinski definition) is 4. The van der Waals surface area contributed by atoms with E-state index in [2.05, 4.69) is 11.8 Å². The van der Waals surface area contributed by atoms with E-state index in [0.29, 0.717) is 12.6 Å². The van der Waals surface area contributed by atoms with Crippen LogP contribution in [0.4, 0.5) is 0 Å². The van der Waals surface area contributed by atoms with Crippen molar-refractivity contribution in [2.45, 2.75) is 51.2 Å². The summed E-state index contributed by atoms with van der Waals surface area (Å²) in [5.41, 5.74) is 5.90. The molecule has 0 spiro atoms. The summed E-state index contributed by atoms with van der Waals surface area (Å²) in [6, 6.07) is 0.322. The van der Waals surface area contributed by atoms with Gasteiger partial charge in [-0.15, -0.1) is 0 Å². The Morgan fingerprint density at radius 3 is 2.70 bits per heavy atom. The number of nitrogens with two attached hydrogens (primary N) is 1. The second-order valence-corrected chi connectivity index (χ2v) is 6.09. The lowest BCUT2D eigenvalue weighted by Gasteiger charge is -2.35. The van der Waals surface area contributed by atoms with Crippen LogP contribution < -0.4 is 5.73 Å². The molecule has 2 heterocycles. The van der Waals surface area contributed by atoms with Crippen LogP contribution in [0.5, 0.6) is 0 Å². The van der Waals surface area contributed by atoms with Crippen molar-refractivity contribution in [1.29, 1.82) is 0 Å². The first-order valence-electron chi connectivity index (χ1n) is 8.06. The van der Waals surface area contributed by atoms with E-state index in [9.17, 15) is 4.79 Å². The van der Waals surface area contributed by atoms with Crippen LogP contribution in [-0.2, 0) is 9.53 Å². The Morgan fingerprint density at radius 2 is 2.00 bits per heavy atom. The maximum absolute atomic E-state index is 12.4. The maximum Gasteiger partial charge on any atom is 0.236 e. The first kappa shape index (κ1) is 15.7. The fraction of sp³-hybridized carbons (Fsp3) is 0.933. The molecule has 0 aromatic rings. The number of carbonyl (C=O) groups excluding carboxylic acids is 1. The largest absolute Gasteiger partial charge is 0.376 e. The van der Waals surface area contributed by atoms with Crippen molar-refractivity contribution in [2.75, 3.05) is 39.3 Å². The molecule has 2 aliphatic heterocycles. The number of hydrogen-bond donors (Lipinski definition) is 1. The van der Waals surface area contributed by atoms with Crippen molar-refractivity contribution < 1.29 is 9.53 Å². The standard InChI is InChI=1S/C15H29N3O2/c1-2-10-20-14-4-3-7-18(11-14)15(19)12-17-8-5-13(16)6-9-17/h13-14H,2-12,16H2,1H3. The van der Waals surface area contributed by atoms with Crippen molar-refractivity contribution in [2.24, 2.45) is 5.73 Å². The Morgan fingerprint density at radius 1 is 1.25 bits per heavy atom. The van der Waals surface area contributed by atoms with Crippen LogP contribution >= 0.6 is 0 Å². The highest BCUT2D eigenvalue weighted by atomic mass is 16.5. The smallest absolute Gasteiger partial charge is 0.236 e. The Kier molecular flexibility index (Phi) is 6.26. The molecule has 2 rings (SSSR count). The summed E-state index contributed by atoms with van der Waals surface area (Å²) in [4.78, 5) is 16.6. The molecule has 2 aliphatic rings. The number of amides is 1. The third-order valence-corrected chi connectivity index (χ3v) is 4.28. The fourth-order valence-corrected chi connectivity index (χ4v) is 2.99. The molecule has 2 fully saturated rings. The molecule has 1 atom stereocenters. The zero-order valence-corrected chi connectivity index (χ0v) is 12.7. The van der Waals surface area contributed by atoms with E-state index in [0.717, 1.165) is 64.9 Å². The zero-order chi connectivity index (χ0) is 14.4. The summed E-state index contributed by atoms with van der Waals surface area (Å²) in [5.74, 6) is 0.255. The second kappa shape index (κ2) is 7.96. The van der Waals surface area contributed by atoms with E-state index < -0.39 is 0 Å². The van der Waals surface area contributed by atoms with E-state index >= 15 is 0 Å². The molecule has 1 amide bonds. The summed E-state index contributed by atoms with van der Waals surface area (Å²) in [6.45, 7) is 7.04. The number of nitrogens with zero attached hydrogens (tertiary/aromatic N) is 2. The topological polar surface area (TPSA) is 58.8 Å². The van der Waals surface area contributed by atoms with Crippen molar-refractivity contribution in [3.05, 3.63) is 0 Å². The molecule has 2 saturated heterocycles. The van der Waals surface area contributed by atoms with E-state index in [1.54, 1.807) is 0 Å². The minimum atomic E-state index is 0.238. The molecule has 0 aromatic carbocycles. The van der Waals surface area contributed by atoms with Gasteiger partial charge in [-0.05, 0) is 32.1 Å². The van der Waals surface area contributed by atoms with Crippen molar-refractivity contribution in [1.82, 2.24) is 9.80 Å². The highest BCUT2D eigenvalue weighted by Crippen LogP contribution is 2.15. The van der Waals surface area contributed by atoms with Gasteiger partial charge in [-0.1, -0.05) is 6.92 Å². The predicted octanol–water partition coefficient (Wildman–Crippen LogP) is 0.827. The lowest BCUT2D eigenvalue weighted by Crippen LogP contribution is -2.49. The number of likely N-dealkylation sites (tertiary alicyclic amines) is 2. The molecular formula is C15H29N3O2.